The van der Waals surface area contributed by atoms with E-state index in [0.717, 1.165) is 10.2 Å². The molecule has 0 saturated heterocycles. The van der Waals surface area contributed by atoms with Crippen molar-refractivity contribution in [1.29, 1.82) is 0 Å². The Morgan fingerprint density at radius 3 is 2.25 bits per heavy atom. The Morgan fingerprint density at radius 1 is 1.62 bits per heavy atom. The summed E-state index contributed by atoms with van der Waals surface area (Å²) in [5.41, 5.74) is 0.752. The summed E-state index contributed by atoms with van der Waals surface area (Å²) in [5, 5.41) is 0. The lowest BCUT2D eigenvalue weighted by atomic mass is 10.6. The zero-order valence-corrected chi connectivity index (χ0v) is 7.83. The SMILES string of the molecule is COC(=S)[SiH2]C(C)C. The summed E-state index contributed by atoms with van der Waals surface area (Å²) in [6, 6.07) is 0. The Balaban J connectivity index is 3.25. The third-order valence-electron chi connectivity index (χ3n) is 0.803. The molecule has 48 valence electrons. The molecule has 8 heavy (non-hydrogen) atoms. The minimum absolute atomic E-state index is 0.220. The zero-order chi connectivity index (χ0) is 6.57. The molecule has 0 aliphatic carbocycles. The normalized spacial score (nSPS) is 11.0. The maximum atomic E-state index is 4.87. The minimum Gasteiger partial charge on any atom is -0.496 e. The Kier molecular flexibility index (Phi) is 4.09. The molecule has 0 spiro atoms. The van der Waals surface area contributed by atoms with E-state index < -0.39 is 0 Å². The second-order valence-corrected chi connectivity index (χ2v) is 5.83. The topological polar surface area (TPSA) is 9.23 Å². The lowest BCUT2D eigenvalue weighted by molar-refractivity contribution is 0.423. The van der Waals surface area contributed by atoms with Crippen LogP contribution in [0.3, 0.4) is 0 Å². The van der Waals surface area contributed by atoms with Crippen LogP contribution in [0.1, 0.15) is 13.8 Å². The van der Waals surface area contributed by atoms with Crippen LogP contribution in [0, 0.1) is 0 Å². The molecule has 0 atom stereocenters. The number of hydrogen-bond acceptors (Lipinski definition) is 2. The molecule has 0 aromatic rings. The lowest BCUT2D eigenvalue weighted by Crippen LogP contribution is -2.10. The van der Waals surface area contributed by atoms with Crippen molar-refractivity contribution >= 4 is 26.4 Å². The Hall–Kier alpha value is 0.107. The van der Waals surface area contributed by atoms with Gasteiger partial charge in [0.15, 0.2) is 0 Å². The average Bonchev–Trinajstić information content (AvgIpc) is 1.65. The van der Waals surface area contributed by atoms with E-state index >= 15 is 0 Å². The summed E-state index contributed by atoms with van der Waals surface area (Å²) < 4.78 is 5.70. The highest BCUT2D eigenvalue weighted by Crippen LogP contribution is 1.97. The molecule has 0 amide bonds. The third kappa shape index (κ3) is 4.27. The highest BCUT2D eigenvalue weighted by atomic mass is 32.1. The maximum Gasteiger partial charge on any atom is 0.127 e. The van der Waals surface area contributed by atoms with Gasteiger partial charge in [-0.3, -0.25) is 0 Å². The van der Waals surface area contributed by atoms with E-state index in [4.69, 9.17) is 17.0 Å². The molecule has 0 rings (SSSR count). The van der Waals surface area contributed by atoms with Crippen molar-refractivity contribution in [2.45, 2.75) is 19.4 Å². The molecular weight excluding hydrogens is 136 g/mol. The van der Waals surface area contributed by atoms with Crippen molar-refractivity contribution in [2.24, 2.45) is 0 Å². The summed E-state index contributed by atoms with van der Waals surface area (Å²) in [6.07, 6.45) is 0. The fourth-order valence-corrected chi connectivity index (χ4v) is 2.25. The molecule has 0 heterocycles. The summed E-state index contributed by atoms with van der Waals surface area (Å²) in [6.45, 7) is 4.36. The molecule has 0 aromatic carbocycles. The van der Waals surface area contributed by atoms with E-state index in [1.807, 2.05) is 0 Å². The molecule has 0 N–H and O–H groups in total. The van der Waals surface area contributed by atoms with E-state index in [1.54, 1.807) is 7.11 Å². The first kappa shape index (κ1) is 8.11. The van der Waals surface area contributed by atoms with E-state index in [1.165, 1.54) is 0 Å². The van der Waals surface area contributed by atoms with Gasteiger partial charge in [-0.25, -0.2) is 0 Å². The van der Waals surface area contributed by atoms with Crippen molar-refractivity contribution in [3.05, 3.63) is 0 Å². The van der Waals surface area contributed by atoms with E-state index in [0.29, 0.717) is 0 Å². The number of ether oxygens (including phenoxy) is 1. The number of hydrogen-bond donors (Lipinski definition) is 0. The average molecular weight is 148 g/mol. The van der Waals surface area contributed by atoms with Crippen LogP contribution < -0.4 is 0 Å². The maximum absolute atomic E-state index is 4.87. The van der Waals surface area contributed by atoms with Crippen molar-refractivity contribution in [1.82, 2.24) is 0 Å². The van der Waals surface area contributed by atoms with Crippen LogP contribution >= 0.6 is 12.2 Å². The largest absolute Gasteiger partial charge is 0.496 e. The fourth-order valence-electron chi connectivity index (χ4n) is 0.417. The van der Waals surface area contributed by atoms with Gasteiger partial charge in [0, 0.05) is 0 Å². The molecule has 0 saturated carbocycles. The molecule has 0 bridgehead atoms. The predicted molar refractivity (Wildman–Crippen MR) is 43.2 cm³/mol. The van der Waals surface area contributed by atoms with Gasteiger partial charge in [0.2, 0.25) is 0 Å². The highest BCUT2D eigenvalue weighted by molar-refractivity contribution is 7.83. The summed E-state index contributed by atoms with van der Waals surface area (Å²) in [7, 11) is 1.43. The quantitative estimate of drug-likeness (QED) is 0.425. The number of thiocarbonyl (C=S) groups is 1. The standard InChI is InChI=1S/C5H12OSSi/c1-4(2)8-5(7)6-3/h4H,8H2,1-3H3. The van der Waals surface area contributed by atoms with E-state index in [2.05, 4.69) is 13.8 Å². The molecule has 3 heteroatoms. The van der Waals surface area contributed by atoms with Crippen LogP contribution in [0.4, 0.5) is 0 Å². The Labute approximate surface area is 58.2 Å². The van der Waals surface area contributed by atoms with Gasteiger partial charge in [-0.15, -0.1) is 0 Å². The van der Waals surface area contributed by atoms with Gasteiger partial charge < -0.3 is 4.74 Å². The summed E-state index contributed by atoms with van der Waals surface area (Å²) in [5.74, 6) is 0. The van der Waals surface area contributed by atoms with Crippen LogP contribution in [-0.2, 0) is 4.74 Å². The molecule has 0 fully saturated rings. The zero-order valence-electron chi connectivity index (χ0n) is 5.60. The lowest BCUT2D eigenvalue weighted by Gasteiger charge is -2.02. The first-order valence-electron chi connectivity index (χ1n) is 2.73. The van der Waals surface area contributed by atoms with Gasteiger partial charge in [0.1, 0.15) is 14.2 Å². The second kappa shape index (κ2) is 4.03. The van der Waals surface area contributed by atoms with Crippen LogP contribution in [0.2, 0.25) is 5.54 Å². The van der Waals surface area contributed by atoms with E-state index in [9.17, 15) is 0 Å². The summed E-state index contributed by atoms with van der Waals surface area (Å²) >= 11 is 4.87. The van der Waals surface area contributed by atoms with Crippen LogP contribution in [0.5, 0.6) is 0 Å². The van der Waals surface area contributed by atoms with E-state index in [-0.39, 0.29) is 9.52 Å². The van der Waals surface area contributed by atoms with Crippen molar-refractivity contribution in [3.8, 4) is 0 Å². The van der Waals surface area contributed by atoms with Crippen molar-refractivity contribution < 1.29 is 4.74 Å². The smallest absolute Gasteiger partial charge is 0.127 e. The second-order valence-electron chi connectivity index (χ2n) is 2.17. The van der Waals surface area contributed by atoms with Gasteiger partial charge in [0.05, 0.1) is 7.11 Å². The Bertz CT molecular complexity index is 82.5. The predicted octanol–water partition coefficient (Wildman–Crippen LogP) is 0.915. The van der Waals surface area contributed by atoms with Crippen LogP contribution in [0.25, 0.3) is 0 Å². The number of methoxy groups -OCH3 is 1. The molecule has 0 aliphatic rings. The highest BCUT2D eigenvalue weighted by Gasteiger charge is 1.98. The third-order valence-corrected chi connectivity index (χ3v) is 2.91. The molecule has 0 aromatic heterocycles. The van der Waals surface area contributed by atoms with Gasteiger partial charge in [-0.2, -0.15) is 0 Å². The van der Waals surface area contributed by atoms with Gasteiger partial charge in [-0.1, -0.05) is 26.1 Å². The van der Waals surface area contributed by atoms with Crippen molar-refractivity contribution in [2.75, 3.05) is 7.11 Å². The minimum atomic E-state index is -0.220. The molecule has 0 unspecified atom stereocenters. The van der Waals surface area contributed by atoms with Crippen LogP contribution in [-0.4, -0.2) is 21.3 Å². The van der Waals surface area contributed by atoms with Crippen molar-refractivity contribution in [3.63, 3.8) is 0 Å². The van der Waals surface area contributed by atoms with Gasteiger partial charge in [-0.05, 0) is 5.54 Å². The van der Waals surface area contributed by atoms with Gasteiger partial charge in [0.25, 0.3) is 0 Å². The number of rotatable bonds is 2. The first-order valence-corrected chi connectivity index (χ1v) is 4.66. The van der Waals surface area contributed by atoms with Gasteiger partial charge >= 0.3 is 0 Å². The molecular formula is C5H12OSSi. The monoisotopic (exact) mass is 148 g/mol. The fraction of sp³-hybridized carbons (Fsp3) is 0.800. The first-order chi connectivity index (χ1) is 3.66. The molecule has 0 aliphatic heterocycles. The van der Waals surface area contributed by atoms with Crippen LogP contribution in [0.15, 0.2) is 0 Å². The molecule has 0 radical (unpaired) electrons. The Morgan fingerprint density at radius 2 is 2.12 bits per heavy atom. The molecule has 1 nitrogen and oxygen atoms in total. The summed E-state index contributed by atoms with van der Waals surface area (Å²) in [4.78, 5) is 0.